The molecule has 0 fully saturated rings. The molecule has 0 heterocycles. The number of nitrogens with one attached hydrogen (secondary N) is 2. The lowest BCUT2D eigenvalue weighted by atomic mass is 9.85. The zero-order valence-corrected chi connectivity index (χ0v) is 15.7. The molecule has 3 aromatic rings. The maximum atomic E-state index is 6.52. The maximum absolute atomic E-state index is 6.52. The van der Waals surface area contributed by atoms with Gasteiger partial charge in [-0.05, 0) is 59.2 Å². The summed E-state index contributed by atoms with van der Waals surface area (Å²) < 4.78 is 0. The average Bonchev–Trinajstić information content (AvgIpc) is 2.66. The van der Waals surface area contributed by atoms with Crippen LogP contribution in [0.4, 0.5) is 11.4 Å². The maximum Gasteiger partial charge on any atom is 0.0448 e. The molecule has 0 aliphatic carbocycles. The van der Waals surface area contributed by atoms with Crippen LogP contribution in [-0.2, 0) is 0 Å². The number of hydrogen-bond acceptors (Lipinski definition) is 2. The van der Waals surface area contributed by atoms with E-state index in [2.05, 4.69) is 59.2 Å². The first-order chi connectivity index (χ1) is 12.1. The summed E-state index contributed by atoms with van der Waals surface area (Å²) in [6.45, 7) is 0. The molecule has 0 amide bonds. The van der Waals surface area contributed by atoms with Crippen LogP contribution in [0.5, 0.6) is 0 Å². The third kappa shape index (κ3) is 3.92. The minimum absolute atomic E-state index is 0.0167. The fourth-order valence-corrected chi connectivity index (χ4v) is 3.38. The van der Waals surface area contributed by atoms with Crippen LogP contribution in [0.1, 0.15) is 22.6 Å². The summed E-state index contributed by atoms with van der Waals surface area (Å²) >= 11 is 12.8. The van der Waals surface area contributed by atoms with Crippen LogP contribution in [0.3, 0.4) is 0 Å². The molecular formula is C21H20Cl2N2. The van der Waals surface area contributed by atoms with Gasteiger partial charge < -0.3 is 10.6 Å². The summed E-state index contributed by atoms with van der Waals surface area (Å²) in [6, 6.07) is 22.4. The highest BCUT2D eigenvalue weighted by Gasteiger charge is 2.20. The number of anilines is 2. The van der Waals surface area contributed by atoms with Crippen molar-refractivity contribution in [3.63, 3.8) is 0 Å². The largest absolute Gasteiger partial charge is 0.388 e. The van der Waals surface area contributed by atoms with Gasteiger partial charge in [0.15, 0.2) is 0 Å². The quantitative estimate of drug-likeness (QED) is 0.518. The molecule has 2 N–H and O–H groups in total. The summed E-state index contributed by atoms with van der Waals surface area (Å²) in [5.41, 5.74) is 5.49. The van der Waals surface area contributed by atoms with E-state index < -0.39 is 0 Å². The molecule has 128 valence electrons. The lowest BCUT2D eigenvalue weighted by Gasteiger charge is -2.21. The Kier molecular flexibility index (Phi) is 5.52. The second-order valence-electron chi connectivity index (χ2n) is 5.84. The van der Waals surface area contributed by atoms with Gasteiger partial charge in [-0.25, -0.2) is 0 Å². The highest BCUT2D eigenvalue weighted by atomic mass is 35.5. The van der Waals surface area contributed by atoms with Gasteiger partial charge in [0.1, 0.15) is 0 Å². The highest BCUT2D eigenvalue weighted by molar-refractivity contribution is 6.33. The molecule has 2 nitrogen and oxygen atoms in total. The molecule has 3 rings (SSSR count). The Morgan fingerprint density at radius 1 is 0.680 bits per heavy atom. The van der Waals surface area contributed by atoms with E-state index in [1.165, 1.54) is 11.1 Å². The first-order valence-corrected chi connectivity index (χ1v) is 8.88. The number of hydrogen-bond donors (Lipinski definition) is 2. The van der Waals surface area contributed by atoms with E-state index in [-0.39, 0.29) is 5.92 Å². The van der Waals surface area contributed by atoms with E-state index in [0.717, 1.165) is 16.9 Å². The van der Waals surface area contributed by atoms with Crippen molar-refractivity contribution in [3.8, 4) is 0 Å². The molecule has 0 aromatic heterocycles. The Balaban J connectivity index is 2.13. The van der Waals surface area contributed by atoms with Gasteiger partial charge >= 0.3 is 0 Å². The van der Waals surface area contributed by atoms with Crippen LogP contribution < -0.4 is 10.6 Å². The van der Waals surface area contributed by atoms with Gasteiger partial charge in [0.25, 0.3) is 0 Å². The van der Waals surface area contributed by atoms with Gasteiger partial charge in [-0.15, -0.1) is 0 Å². The van der Waals surface area contributed by atoms with Crippen molar-refractivity contribution < 1.29 is 0 Å². The molecule has 3 aromatic carbocycles. The van der Waals surface area contributed by atoms with Gasteiger partial charge in [-0.2, -0.15) is 0 Å². The topological polar surface area (TPSA) is 24.1 Å². The second kappa shape index (κ2) is 7.81. The van der Waals surface area contributed by atoms with E-state index in [0.29, 0.717) is 10.0 Å². The summed E-state index contributed by atoms with van der Waals surface area (Å²) in [7, 11) is 3.83. The van der Waals surface area contributed by atoms with Crippen molar-refractivity contribution in [1.82, 2.24) is 0 Å². The summed E-state index contributed by atoms with van der Waals surface area (Å²) in [6.07, 6.45) is 0. The normalized spacial score (nSPS) is 10.8. The molecule has 0 saturated carbocycles. The predicted octanol–water partition coefficient (Wildman–Crippen LogP) is 6.26. The Morgan fingerprint density at radius 3 is 1.60 bits per heavy atom. The highest BCUT2D eigenvalue weighted by Crippen LogP contribution is 2.38. The molecule has 0 aliphatic rings. The van der Waals surface area contributed by atoms with Gasteiger partial charge in [0.2, 0.25) is 0 Å². The van der Waals surface area contributed by atoms with Crippen LogP contribution in [-0.4, -0.2) is 14.1 Å². The molecule has 0 atom stereocenters. The zero-order chi connectivity index (χ0) is 17.8. The van der Waals surface area contributed by atoms with Crippen LogP contribution in [0.25, 0.3) is 0 Å². The molecule has 0 bridgehead atoms. The molecule has 0 aliphatic heterocycles. The SMILES string of the molecule is CNc1ccc(C(c2ccc(NC)cc2)c2cc(Cl)ccc2Cl)cc1. The Hall–Kier alpha value is -2.16. The van der Waals surface area contributed by atoms with E-state index >= 15 is 0 Å². The Labute approximate surface area is 158 Å². The number of halogens is 2. The molecular weight excluding hydrogens is 351 g/mol. The van der Waals surface area contributed by atoms with Crippen LogP contribution in [0.2, 0.25) is 10.0 Å². The van der Waals surface area contributed by atoms with E-state index in [1.54, 1.807) is 0 Å². The molecule has 0 unspecified atom stereocenters. The van der Waals surface area contributed by atoms with E-state index in [9.17, 15) is 0 Å². The lowest BCUT2D eigenvalue weighted by Crippen LogP contribution is -2.05. The third-order valence-electron chi connectivity index (χ3n) is 4.33. The standard InChI is InChI=1S/C21H20Cl2N2/c1-24-17-8-3-14(4-9-17)21(15-5-10-18(25-2)11-6-15)19-13-16(22)7-12-20(19)23/h3-13,21,24-25H,1-2H3. The molecule has 0 saturated heterocycles. The monoisotopic (exact) mass is 370 g/mol. The van der Waals surface area contributed by atoms with Gasteiger partial charge in [-0.3, -0.25) is 0 Å². The van der Waals surface area contributed by atoms with Gasteiger partial charge in [-0.1, -0.05) is 47.5 Å². The number of rotatable bonds is 5. The molecule has 0 spiro atoms. The van der Waals surface area contributed by atoms with Crippen molar-refractivity contribution in [2.45, 2.75) is 5.92 Å². The lowest BCUT2D eigenvalue weighted by molar-refractivity contribution is 0.978. The average molecular weight is 371 g/mol. The Morgan fingerprint density at radius 2 is 1.16 bits per heavy atom. The first kappa shape index (κ1) is 17.7. The van der Waals surface area contributed by atoms with Crippen molar-refractivity contribution in [2.24, 2.45) is 0 Å². The minimum Gasteiger partial charge on any atom is -0.388 e. The molecule has 25 heavy (non-hydrogen) atoms. The second-order valence-corrected chi connectivity index (χ2v) is 6.69. The van der Waals surface area contributed by atoms with E-state index in [1.807, 2.05) is 32.3 Å². The predicted molar refractivity (Wildman–Crippen MR) is 109 cm³/mol. The van der Waals surface area contributed by atoms with Crippen molar-refractivity contribution in [3.05, 3.63) is 93.5 Å². The first-order valence-electron chi connectivity index (χ1n) is 8.12. The summed E-state index contributed by atoms with van der Waals surface area (Å²) in [5, 5.41) is 7.70. The number of benzene rings is 3. The smallest absolute Gasteiger partial charge is 0.0448 e. The minimum atomic E-state index is 0.0167. The van der Waals surface area contributed by atoms with Gasteiger partial charge in [0.05, 0.1) is 0 Å². The van der Waals surface area contributed by atoms with Gasteiger partial charge in [0, 0.05) is 41.4 Å². The fourth-order valence-electron chi connectivity index (χ4n) is 2.97. The summed E-state index contributed by atoms with van der Waals surface area (Å²) in [5.74, 6) is 0.0167. The molecule has 4 heteroatoms. The van der Waals surface area contributed by atoms with Crippen LogP contribution in [0, 0.1) is 0 Å². The zero-order valence-electron chi connectivity index (χ0n) is 14.2. The van der Waals surface area contributed by atoms with E-state index in [4.69, 9.17) is 23.2 Å². The molecule has 0 radical (unpaired) electrons. The third-order valence-corrected chi connectivity index (χ3v) is 4.91. The fraction of sp³-hybridized carbons (Fsp3) is 0.143. The van der Waals surface area contributed by atoms with Crippen LogP contribution in [0.15, 0.2) is 66.7 Å². The van der Waals surface area contributed by atoms with Crippen molar-refractivity contribution in [2.75, 3.05) is 24.7 Å². The Bertz CT molecular complexity index is 795. The van der Waals surface area contributed by atoms with Crippen molar-refractivity contribution >= 4 is 34.6 Å². The van der Waals surface area contributed by atoms with Crippen molar-refractivity contribution in [1.29, 1.82) is 0 Å². The summed E-state index contributed by atoms with van der Waals surface area (Å²) in [4.78, 5) is 0. The van der Waals surface area contributed by atoms with Crippen LogP contribution >= 0.6 is 23.2 Å².